The fraction of sp³-hybridized carbons (Fsp3) is 0.107. The molecule has 200 valence electrons. The van der Waals surface area contributed by atoms with Gasteiger partial charge in [0.15, 0.2) is 5.75 Å². The van der Waals surface area contributed by atoms with Gasteiger partial charge in [-0.15, -0.1) is 0 Å². The van der Waals surface area contributed by atoms with Crippen LogP contribution in [-0.4, -0.2) is 32.9 Å². The summed E-state index contributed by atoms with van der Waals surface area (Å²) in [6.45, 7) is 0.897. The number of nitrogens with zero attached hydrogens (tertiary/aromatic N) is 2. The van der Waals surface area contributed by atoms with Crippen molar-refractivity contribution < 1.29 is 27.6 Å². The van der Waals surface area contributed by atoms with E-state index in [1.807, 2.05) is 18.2 Å². The van der Waals surface area contributed by atoms with Gasteiger partial charge in [-0.1, -0.05) is 36.4 Å². The van der Waals surface area contributed by atoms with E-state index in [-0.39, 0.29) is 16.3 Å². The van der Waals surface area contributed by atoms with E-state index in [2.05, 4.69) is 5.32 Å². The van der Waals surface area contributed by atoms with Crippen molar-refractivity contribution in [3.05, 3.63) is 113 Å². The number of amides is 1. The first-order valence-corrected chi connectivity index (χ1v) is 13.2. The minimum atomic E-state index is -4.40. The molecule has 1 N–H and O–H groups in total. The summed E-state index contributed by atoms with van der Waals surface area (Å²) in [7, 11) is -2.93. The van der Waals surface area contributed by atoms with Crippen molar-refractivity contribution in [2.75, 3.05) is 23.3 Å². The highest BCUT2D eigenvalue weighted by atomic mass is 32.2. The van der Waals surface area contributed by atoms with Crippen LogP contribution >= 0.6 is 0 Å². The molecular formula is C28H25N3O7S. The first-order valence-electron chi connectivity index (χ1n) is 11.7. The fourth-order valence-electron chi connectivity index (χ4n) is 3.73. The SMILES string of the molecule is COc1ccc(N(CC(=O)Nc2ccccc2Oc2ccccc2)S(=O)(=O)c2ccc(C)c([N+](=O)[O-])c2)cc1. The molecule has 0 bridgehead atoms. The van der Waals surface area contributed by atoms with Crippen LogP contribution in [0.4, 0.5) is 17.1 Å². The molecule has 0 aliphatic rings. The number of sulfonamides is 1. The third kappa shape index (κ3) is 6.33. The maximum Gasteiger partial charge on any atom is 0.273 e. The van der Waals surface area contributed by atoms with Gasteiger partial charge in [-0.25, -0.2) is 8.42 Å². The van der Waals surface area contributed by atoms with E-state index < -0.39 is 27.4 Å². The summed E-state index contributed by atoms with van der Waals surface area (Å²) >= 11 is 0. The number of carbonyl (C=O) groups excluding carboxylic acids is 1. The zero-order valence-corrected chi connectivity index (χ0v) is 21.9. The molecule has 0 heterocycles. The van der Waals surface area contributed by atoms with Gasteiger partial charge in [-0.3, -0.25) is 19.2 Å². The molecule has 0 saturated carbocycles. The summed E-state index contributed by atoms with van der Waals surface area (Å²) in [5, 5.41) is 14.2. The van der Waals surface area contributed by atoms with Gasteiger partial charge in [0, 0.05) is 11.6 Å². The highest BCUT2D eigenvalue weighted by Gasteiger charge is 2.29. The Morgan fingerprint density at radius 1 is 0.923 bits per heavy atom. The molecule has 1 amide bonds. The summed E-state index contributed by atoms with van der Waals surface area (Å²) < 4.78 is 39.4. The average molecular weight is 548 g/mol. The molecular weight excluding hydrogens is 522 g/mol. The second-order valence-corrected chi connectivity index (χ2v) is 10.2. The van der Waals surface area contributed by atoms with Crippen LogP contribution in [0.1, 0.15) is 5.56 Å². The summed E-state index contributed by atoms with van der Waals surface area (Å²) in [6.07, 6.45) is 0. The van der Waals surface area contributed by atoms with Crippen LogP contribution < -0.4 is 19.1 Å². The molecule has 0 radical (unpaired) electrons. The second kappa shape index (κ2) is 11.7. The maximum atomic E-state index is 13.7. The van der Waals surface area contributed by atoms with E-state index in [0.717, 1.165) is 10.4 Å². The van der Waals surface area contributed by atoms with Crippen LogP contribution in [-0.2, 0) is 14.8 Å². The number of ether oxygens (including phenoxy) is 2. The number of aryl methyl sites for hydroxylation is 1. The minimum Gasteiger partial charge on any atom is -0.497 e. The van der Waals surface area contributed by atoms with E-state index in [1.54, 1.807) is 48.5 Å². The van der Waals surface area contributed by atoms with Crippen LogP contribution in [0.2, 0.25) is 0 Å². The van der Waals surface area contributed by atoms with Crippen LogP contribution in [0, 0.1) is 17.0 Å². The normalized spacial score (nSPS) is 10.9. The minimum absolute atomic E-state index is 0.169. The average Bonchev–Trinajstić information content (AvgIpc) is 2.93. The van der Waals surface area contributed by atoms with Gasteiger partial charge in [0.1, 0.15) is 18.0 Å². The molecule has 0 fully saturated rings. The Hall–Kier alpha value is -4.90. The van der Waals surface area contributed by atoms with Gasteiger partial charge in [-0.2, -0.15) is 0 Å². The Morgan fingerprint density at radius 3 is 2.26 bits per heavy atom. The quantitative estimate of drug-likeness (QED) is 0.204. The van der Waals surface area contributed by atoms with Gasteiger partial charge in [0.2, 0.25) is 5.91 Å². The first kappa shape index (κ1) is 27.1. The molecule has 0 aliphatic heterocycles. The van der Waals surface area contributed by atoms with Crippen molar-refractivity contribution in [2.45, 2.75) is 11.8 Å². The topological polar surface area (TPSA) is 128 Å². The third-order valence-electron chi connectivity index (χ3n) is 5.75. The van der Waals surface area contributed by atoms with Crippen LogP contribution in [0.15, 0.2) is 102 Å². The number of nitro groups is 1. The predicted molar refractivity (Wildman–Crippen MR) is 147 cm³/mol. The predicted octanol–water partition coefficient (Wildman–Crippen LogP) is 5.54. The Labute approximate surface area is 225 Å². The number of para-hydroxylation sites is 3. The van der Waals surface area contributed by atoms with Gasteiger partial charge >= 0.3 is 0 Å². The van der Waals surface area contributed by atoms with Crippen LogP contribution in [0.3, 0.4) is 0 Å². The lowest BCUT2D eigenvalue weighted by Crippen LogP contribution is -2.38. The molecule has 4 rings (SSSR count). The fourth-order valence-corrected chi connectivity index (χ4v) is 5.17. The van der Waals surface area contributed by atoms with E-state index in [1.165, 1.54) is 38.3 Å². The number of methoxy groups -OCH3 is 1. The van der Waals surface area contributed by atoms with Gasteiger partial charge < -0.3 is 14.8 Å². The maximum absolute atomic E-state index is 13.7. The standard InChI is InChI=1S/C28H25N3O7S/c1-20-12-17-24(18-26(20)31(33)34)39(35,36)30(21-13-15-22(37-2)16-14-21)19-28(32)29-25-10-6-7-11-27(25)38-23-8-4-3-5-9-23/h3-18H,19H2,1-2H3,(H,29,32). The first-order chi connectivity index (χ1) is 18.7. The van der Waals surface area contributed by atoms with E-state index >= 15 is 0 Å². The number of benzene rings is 4. The van der Waals surface area contributed by atoms with Crippen LogP contribution in [0.25, 0.3) is 0 Å². The monoisotopic (exact) mass is 547 g/mol. The van der Waals surface area contributed by atoms with E-state index in [4.69, 9.17) is 9.47 Å². The lowest BCUT2D eigenvalue weighted by molar-refractivity contribution is -0.385. The number of anilines is 2. The molecule has 4 aromatic rings. The van der Waals surface area contributed by atoms with Crippen molar-refractivity contribution >= 4 is 33.0 Å². The molecule has 0 aliphatic carbocycles. The number of nitrogens with one attached hydrogen (secondary N) is 1. The lowest BCUT2D eigenvalue weighted by atomic mass is 10.2. The van der Waals surface area contributed by atoms with Crippen molar-refractivity contribution in [1.82, 2.24) is 0 Å². The van der Waals surface area contributed by atoms with Crippen molar-refractivity contribution in [2.24, 2.45) is 0 Å². The van der Waals surface area contributed by atoms with Crippen molar-refractivity contribution in [3.8, 4) is 17.2 Å². The highest BCUT2D eigenvalue weighted by molar-refractivity contribution is 7.92. The Kier molecular flexibility index (Phi) is 8.11. The largest absolute Gasteiger partial charge is 0.497 e. The second-order valence-electron chi connectivity index (χ2n) is 8.37. The molecule has 11 heteroatoms. The number of carbonyl (C=O) groups is 1. The van der Waals surface area contributed by atoms with Crippen molar-refractivity contribution in [3.63, 3.8) is 0 Å². The Bertz CT molecular complexity index is 1590. The summed E-state index contributed by atoms with van der Waals surface area (Å²) in [5.74, 6) is 0.756. The number of hydrogen-bond donors (Lipinski definition) is 1. The van der Waals surface area contributed by atoms with Crippen LogP contribution in [0.5, 0.6) is 17.2 Å². The molecule has 4 aromatic carbocycles. The molecule has 0 spiro atoms. The molecule has 0 atom stereocenters. The smallest absolute Gasteiger partial charge is 0.273 e. The van der Waals surface area contributed by atoms with E-state index in [9.17, 15) is 23.3 Å². The Balaban J connectivity index is 1.67. The molecule has 0 saturated heterocycles. The molecule has 10 nitrogen and oxygen atoms in total. The third-order valence-corrected chi connectivity index (χ3v) is 7.51. The number of rotatable bonds is 10. The number of hydrogen-bond acceptors (Lipinski definition) is 7. The summed E-state index contributed by atoms with van der Waals surface area (Å²) in [6, 6.07) is 25.4. The molecule has 0 aromatic heterocycles. The molecule has 39 heavy (non-hydrogen) atoms. The Morgan fingerprint density at radius 2 is 1.59 bits per heavy atom. The molecule has 0 unspecified atom stereocenters. The zero-order chi connectivity index (χ0) is 28.0. The van der Waals surface area contributed by atoms with E-state index in [0.29, 0.717) is 28.5 Å². The van der Waals surface area contributed by atoms with Gasteiger partial charge in [-0.05, 0) is 61.5 Å². The zero-order valence-electron chi connectivity index (χ0n) is 21.1. The summed E-state index contributed by atoms with van der Waals surface area (Å²) in [4.78, 5) is 23.7. The van der Waals surface area contributed by atoms with Gasteiger partial charge in [0.05, 0.1) is 28.3 Å². The highest BCUT2D eigenvalue weighted by Crippen LogP contribution is 2.31. The summed E-state index contributed by atoms with van der Waals surface area (Å²) in [5.41, 5.74) is 0.470. The van der Waals surface area contributed by atoms with Gasteiger partial charge in [0.25, 0.3) is 15.7 Å². The lowest BCUT2D eigenvalue weighted by Gasteiger charge is -2.24. The number of nitro benzene ring substituents is 1. The van der Waals surface area contributed by atoms with Crippen molar-refractivity contribution in [1.29, 1.82) is 0 Å².